The van der Waals surface area contributed by atoms with Crippen LogP contribution >= 0.6 is 0 Å². The van der Waals surface area contributed by atoms with Gasteiger partial charge in [-0.05, 0) is 37.9 Å². The first-order valence-electron chi connectivity index (χ1n) is 7.31. The molecule has 3 nitrogen and oxygen atoms in total. The lowest BCUT2D eigenvalue weighted by molar-refractivity contribution is 0.104. The maximum atomic E-state index is 12.4. The number of benzene rings is 2. The summed E-state index contributed by atoms with van der Waals surface area (Å²) in [6.45, 7) is 1.36. The second-order valence-electron chi connectivity index (χ2n) is 5.26. The van der Waals surface area contributed by atoms with Crippen LogP contribution in [0.25, 0.3) is 6.08 Å². The molecule has 22 heavy (non-hydrogen) atoms. The van der Waals surface area contributed by atoms with Crippen LogP contribution in [-0.4, -0.2) is 37.9 Å². The molecule has 114 valence electrons. The molecule has 0 aliphatic heterocycles. The normalized spacial score (nSPS) is 11.0. The molecule has 0 heterocycles. The molecule has 0 fully saturated rings. The van der Waals surface area contributed by atoms with Gasteiger partial charge in [-0.2, -0.15) is 0 Å². The second-order valence-corrected chi connectivity index (χ2v) is 5.26. The average Bonchev–Trinajstić information content (AvgIpc) is 2.54. The average molecular weight is 295 g/mol. The number of hydrogen-bond acceptors (Lipinski definition) is 3. The Hall–Kier alpha value is -2.39. The lowest BCUT2D eigenvalue weighted by Gasteiger charge is -2.12. The van der Waals surface area contributed by atoms with Gasteiger partial charge in [-0.25, -0.2) is 0 Å². The fourth-order valence-corrected chi connectivity index (χ4v) is 1.96. The molecule has 0 radical (unpaired) electrons. The molecule has 0 aromatic heterocycles. The van der Waals surface area contributed by atoms with E-state index in [1.54, 1.807) is 12.1 Å². The summed E-state index contributed by atoms with van der Waals surface area (Å²) in [6.07, 6.45) is 3.41. The monoisotopic (exact) mass is 295 g/mol. The van der Waals surface area contributed by atoms with Gasteiger partial charge in [-0.1, -0.05) is 48.5 Å². The van der Waals surface area contributed by atoms with E-state index in [9.17, 15) is 4.79 Å². The zero-order chi connectivity index (χ0) is 15.8. The summed E-state index contributed by atoms with van der Waals surface area (Å²) in [6, 6.07) is 17.1. The lowest BCUT2D eigenvalue weighted by Crippen LogP contribution is -2.20. The van der Waals surface area contributed by atoms with Crippen molar-refractivity contribution in [3.05, 3.63) is 71.8 Å². The first-order valence-corrected chi connectivity index (χ1v) is 7.31. The highest BCUT2D eigenvalue weighted by Gasteiger charge is 2.09. The molecule has 2 rings (SSSR count). The highest BCUT2D eigenvalue weighted by Crippen LogP contribution is 2.19. The first-order chi connectivity index (χ1) is 10.7. The Morgan fingerprint density at radius 3 is 2.45 bits per heavy atom. The Bertz CT molecular complexity index is 633. The third kappa shape index (κ3) is 4.86. The number of allylic oxidation sites excluding steroid dienone is 1. The third-order valence-corrected chi connectivity index (χ3v) is 3.18. The molecule has 0 bridgehead atoms. The summed E-state index contributed by atoms with van der Waals surface area (Å²) in [5, 5.41) is 0. The van der Waals surface area contributed by atoms with Gasteiger partial charge in [-0.3, -0.25) is 4.79 Å². The smallest absolute Gasteiger partial charge is 0.189 e. The van der Waals surface area contributed by atoms with Crippen molar-refractivity contribution in [1.82, 2.24) is 4.90 Å². The molecule has 0 atom stereocenters. The standard InChI is InChI=1S/C19H21NO2/c1-20(2)14-15-22-19-11-7-6-10-17(19)18(21)13-12-16-8-4-3-5-9-16/h3-13H,14-15H2,1-2H3/b13-12+. The van der Waals surface area contributed by atoms with E-state index in [4.69, 9.17) is 4.74 Å². The van der Waals surface area contributed by atoms with Crippen molar-refractivity contribution in [3.63, 3.8) is 0 Å². The summed E-state index contributed by atoms with van der Waals surface area (Å²) in [4.78, 5) is 14.4. The first kappa shape index (κ1) is 16.0. The van der Waals surface area contributed by atoms with Crippen molar-refractivity contribution in [2.75, 3.05) is 27.2 Å². The zero-order valence-electron chi connectivity index (χ0n) is 13.0. The Balaban J connectivity index is 2.07. The number of ketones is 1. The predicted molar refractivity (Wildman–Crippen MR) is 90.3 cm³/mol. The van der Waals surface area contributed by atoms with E-state index in [1.807, 2.05) is 73.6 Å². The molecule has 0 saturated carbocycles. The van der Waals surface area contributed by atoms with Crippen LogP contribution in [0.1, 0.15) is 15.9 Å². The third-order valence-electron chi connectivity index (χ3n) is 3.18. The Morgan fingerprint density at radius 2 is 1.73 bits per heavy atom. The van der Waals surface area contributed by atoms with Crippen LogP contribution in [0, 0.1) is 0 Å². The number of para-hydroxylation sites is 1. The molecule has 0 aliphatic carbocycles. The number of rotatable bonds is 7. The summed E-state index contributed by atoms with van der Waals surface area (Å²) in [5.41, 5.74) is 1.59. The van der Waals surface area contributed by atoms with E-state index in [-0.39, 0.29) is 5.78 Å². The highest BCUT2D eigenvalue weighted by atomic mass is 16.5. The van der Waals surface area contributed by atoms with Gasteiger partial charge in [0.25, 0.3) is 0 Å². The minimum atomic E-state index is -0.0516. The van der Waals surface area contributed by atoms with Crippen molar-refractivity contribution in [2.45, 2.75) is 0 Å². The molecule has 0 spiro atoms. The van der Waals surface area contributed by atoms with Crippen LogP contribution in [0.4, 0.5) is 0 Å². The molecule has 0 unspecified atom stereocenters. The molecule has 0 N–H and O–H groups in total. The maximum Gasteiger partial charge on any atom is 0.189 e. The van der Waals surface area contributed by atoms with E-state index >= 15 is 0 Å². The maximum absolute atomic E-state index is 12.4. The Labute approximate surface area is 131 Å². The van der Waals surface area contributed by atoms with Gasteiger partial charge < -0.3 is 9.64 Å². The lowest BCUT2D eigenvalue weighted by atomic mass is 10.1. The van der Waals surface area contributed by atoms with E-state index in [0.29, 0.717) is 17.9 Å². The largest absolute Gasteiger partial charge is 0.491 e. The van der Waals surface area contributed by atoms with E-state index in [0.717, 1.165) is 12.1 Å². The fraction of sp³-hybridized carbons (Fsp3) is 0.211. The number of carbonyl (C=O) groups excluding carboxylic acids is 1. The number of hydrogen-bond donors (Lipinski definition) is 0. The fourth-order valence-electron chi connectivity index (χ4n) is 1.96. The van der Waals surface area contributed by atoms with Crippen molar-refractivity contribution in [2.24, 2.45) is 0 Å². The minimum Gasteiger partial charge on any atom is -0.491 e. The van der Waals surface area contributed by atoms with Crippen LogP contribution in [0.2, 0.25) is 0 Å². The predicted octanol–water partition coefficient (Wildman–Crippen LogP) is 3.52. The number of nitrogens with zero attached hydrogens (tertiary/aromatic N) is 1. The zero-order valence-corrected chi connectivity index (χ0v) is 13.0. The SMILES string of the molecule is CN(C)CCOc1ccccc1C(=O)/C=C/c1ccccc1. The second kappa shape index (κ2) is 8.15. The summed E-state index contributed by atoms with van der Waals surface area (Å²) < 4.78 is 5.72. The molecule has 0 amide bonds. The molecule has 2 aromatic rings. The Morgan fingerprint density at radius 1 is 1.05 bits per heavy atom. The van der Waals surface area contributed by atoms with Crippen LogP contribution in [0.5, 0.6) is 5.75 Å². The van der Waals surface area contributed by atoms with Gasteiger partial charge in [0.05, 0.1) is 5.56 Å². The topological polar surface area (TPSA) is 29.5 Å². The number of carbonyl (C=O) groups is 1. The van der Waals surface area contributed by atoms with Crippen LogP contribution in [0.3, 0.4) is 0 Å². The molecule has 0 aliphatic rings. The molecular weight excluding hydrogens is 274 g/mol. The quantitative estimate of drug-likeness (QED) is 0.578. The molecule has 3 heteroatoms. The number of ether oxygens (including phenoxy) is 1. The summed E-state index contributed by atoms with van der Waals surface area (Å²) >= 11 is 0. The summed E-state index contributed by atoms with van der Waals surface area (Å²) in [5.74, 6) is 0.580. The molecule has 2 aromatic carbocycles. The highest BCUT2D eigenvalue weighted by molar-refractivity contribution is 6.08. The van der Waals surface area contributed by atoms with Crippen molar-refractivity contribution in [1.29, 1.82) is 0 Å². The van der Waals surface area contributed by atoms with Crippen molar-refractivity contribution < 1.29 is 9.53 Å². The van der Waals surface area contributed by atoms with Gasteiger partial charge >= 0.3 is 0 Å². The van der Waals surface area contributed by atoms with Gasteiger partial charge in [0, 0.05) is 6.54 Å². The van der Waals surface area contributed by atoms with Crippen LogP contribution < -0.4 is 4.74 Å². The number of likely N-dealkylation sites (N-methyl/N-ethyl adjacent to an activating group) is 1. The summed E-state index contributed by atoms with van der Waals surface area (Å²) in [7, 11) is 3.98. The van der Waals surface area contributed by atoms with E-state index < -0.39 is 0 Å². The molecule has 0 saturated heterocycles. The Kier molecular flexibility index (Phi) is 5.92. The van der Waals surface area contributed by atoms with Crippen molar-refractivity contribution >= 4 is 11.9 Å². The van der Waals surface area contributed by atoms with Gasteiger partial charge in [0.15, 0.2) is 5.78 Å². The van der Waals surface area contributed by atoms with E-state index in [2.05, 4.69) is 0 Å². The van der Waals surface area contributed by atoms with Gasteiger partial charge in [-0.15, -0.1) is 0 Å². The minimum absolute atomic E-state index is 0.0516. The van der Waals surface area contributed by atoms with Crippen molar-refractivity contribution in [3.8, 4) is 5.75 Å². The molecular formula is C19H21NO2. The van der Waals surface area contributed by atoms with Gasteiger partial charge in [0.2, 0.25) is 0 Å². The van der Waals surface area contributed by atoms with Gasteiger partial charge in [0.1, 0.15) is 12.4 Å². The van der Waals surface area contributed by atoms with Crippen LogP contribution in [-0.2, 0) is 0 Å². The van der Waals surface area contributed by atoms with E-state index in [1.165, 1.54) is 0 Å². The van der Waals surface area contributed by atoms with Crippen LogP contribution in [0.15, 0.2) is 60.7 Å².